The van der Waals surface area contributed by atoms with Gasteiger partial charge in [0.25, 0.3) is 0 Å². The standard InChI is InChI=1S/C11H14N2O/c1-9-3-4-10(8-12)11(7-9)13-5-2-6-14/h3-4,6-8,12-13H,2,5H2,1H3. The van der Waals surface area contributed by atoms with Gasteiger partial charge in [-0.15, -0.1) is 0 Å². The summed E-state index contributed by atoms with van der Waals surface area (Å²) in [7, 11) is 0. The molecule has 0 saturated heterocycles. The van der Waals surface area contributed by atoms with E-state index < -0.39 is 0 Å². The molecule has 3 nitrogen and oxygen atoms in total. The van der Waals surface area contributed by atoms with Gasteiger partial charge in [-0.05, 0) is 18.6 Å². The summed E-state index contributed by atoms with van der Waals surface area (Å²) in [6, 6.07) is 5.84. The third kappa shape index (κ3) is 2.69. The minimum Gasteiger partial charge on any atom is -0.384 e. The lowest BCUT2D eigenvalue weighted by atomic mass is 10.1. The third-order valence-electron chi connectivity index (χ3n) is 1.94. The van der Waals surface area contributed by atoms with E-state index in [0.29, 0.717) is 13.0 Å². The van der Waals surface area contributed by atoms with Crippen molar-refractivity contribution in [3.05, 3.63) is 29.3 Å². The van der Waals surface area contributed by atoms with Gasteiger partial charge < -0.3 is 15.5 Å². The fourth-order valence-corrected chi connectivity index (χ4v) is 1.21. The molecule has 0 saturated carbocycles. The van der Waals surface area contributed by atoms with Gasteiger partial charge in [0.2, 0.25) is 0 Å². The van der Waals surface area contributed by atoms with E-state index in [1.165, 1.54) is 6.21 Å². The second kappa shape index (κ2) is 5.17. The van der Waals surface area contributed by atoms with Gasteiger partial charge in [0, 0.05) is 30.4 Å². The maximum Gasteiger partial charge on any atom is 0.121 e. The first-order chi connectivity index (χ1) is 6.77. The highest BCUT2D eigenvalue weighted by Gasteiger charge is 1.98. The maximum absolute atomic E-state index is 10.1. The summed E-state index contributed by atoms with van der Waals surface area (Å²) in [5.41, 5.74) is 2.91. The Hall–Kier alpha value is -1.64. The molecule has 14 heavy (non-hydrogen) atoms. The van der Waals surface area contributed by atoms with Crippen LogP contribution in [0.4, 0.5) is 5.69 Å². The smallest absolute Gasteiger partial charge is 0.121 e. The van der Waals surface area contributed by atoms with Gasteiger partial charge in [-0.25, -0.2) is 0 Å². The number of rotatable bonds is 5. The molecule has 0 fully saturated rings. The molecule has 2 N–H and O–H groups in total. The Kier molecular flexibility index (Phi) is 3.85. The Morgan fingerprint density at radius 1 is 1.50 bits per heavy atom. The van der Waals surface area contributed by atoms with Gasteiger partial charge in [-0.1, -0.05) is 12.1 Å². The summed E-state index contributed by atoms with van der Waals surface area (Å²) < 4.78 is 0. The first-order valence-corrected chi connectivity index (χ1v) is 4.56. The molecule has 1 aromatic carbocycles. The van der Waals surface area contributed by atoms with Crippen molar-refractivity contribution in [3.63, 3.8) is 0 Å². The second-order valence-electron chi connectivity index (χ2n) is 3.12. The zero-order valence-electron chi connectivity index (χ0n) is 8.21. The molecular formula is C11H14N2O. The number of hydrogen-bond donors (Lipinski definition) is 2. The lowest BCUT2D eigenvalue weighted by Crippen LogP contribution is -2.04. The zero-order valence-corrected chi connectivity index (χ0v) is 8.21. The number of benzene rings is 1. The van der Waals surface area contributed by atoms with Gasteiger partial charge in [-0.3, -0.25) is 0 Å². The van der Waals surface area contributed by atoms with Crippen molar-refractivity contribution < 1.29 is 4.79 Å². The number of nitrogens with one attached hydrogen (secondary N) is 2. The van der Waals surface area contributed by atoms with E-state index in [1.807, 2.05) is 25.1 Å². The molecule has 0 aromatic heterocycles. The van der Waals surface area contributed by atoms with E-state index in [0.717, 1.165) is 23.1 Å². The van der Waals surface area contributed by atoms with Gasteiger partial charge >= 0.3 is 0 Å². The van der Waals surface area contributed by atoms with Gasteiger partial charge in [0.15, 0.2) is 0 Å². The monoisotopic (exact) mass is 190 g/mol. The number of aldehydes is 1. The fourth-order valence-electron chi connectivity index (χ4n) is 1.21. The fraction of sp³-hybridized carbons (Fsp3) is 0.273. The first kappa shape index (κ1) is 10.4. The molecule has 3 heteroatoms. The number of carbonyl (C=O) groups excluding carboxylic acids is 1. The lowest BCUT2D eigenvalue weighted by molar-refractivity contribution is -0.107. The van der Waals surface area contributed by atoms with Crippen LogP contribution >= 0.6 is 0 Å². The van der Waals surface area contributed by atoms with Crippen LogP contribution < -0.4 is 5.32 Å². The molecule has 1 rings (SSSR count). The SMILES string of the molecule is Cc1ccc(C=N)c(NCCC=O)c1. The molecule has 1 aromatic rings. The topological polar surface area (TPSA) is 53.0 Å². The number of hydrogen-bond acceptors (Lipinski definition) is 3. The maximum atomic E-state index is 10.1. The highest BCUT2D eigenvalue weighted by molar-refractivity contribution is 5.86. The average Bonchev–Trinajstić information content (AvgIpc) is 2.19. The summed E-state index contributed by atoms with van der Waals surface area (Å²) in [4.78, 5) is 10.1. The molecular weight excluding hydrogens is 176 g/mol. The molecule has 0 aliphatic carbocycles. The Bertz CT molecular complexity index is 334. The molecule has 74 valence electrons. The van der Waals surface area contributed by atoms with E-state index in [2.05, 4.69) is 5.32 Å². The normalized spacial score (nSPS) is 9.50. The molecule has 0 radical (unpaired) electrons. The van der Waals surface area contributed by atoms with Crippen LogP contribution in [0.25, 0.3) is 0 Å². The van der Waals surface area contributed by atoms with Crippen molar-refractivity contribution in [3.8, 4) is 0 Å². The van der Waals surface area contributed by atoms with E-state index >= 15 is 0 Å². The molecule has 0 heterocycles. The summed E-state index contributed by atoms with van der Waals surface area (Å²) in [5, 5.41) is 10.3. The Balaban J connectivity index is 2.76. The first-order valence-electron chi connectivity index (χ1n) is 4.56. The molecule has 0 aliphatic heterocycles. The lowest BCUT2D eigenvalue weighted by Gasteiger charge is -2.08. The highest BCUT2D eigenvalue weighted by atomic mass is 16.1. The summed E-state index contributed by atoms with van der Waals surface area (Å²) in [6.45, 7) is 2.62. The van der Waals surface area contributed by atoms with E-state index in [4.69, 9.17) is 5.41 Å². The van der Waals surface area contributed by atoms with Gasteiger partial charge in [0.05, 0.1) is 0 Å². The van der Waals surface area contributed by atoms with Crippen molar-refractivity contribution in [1.29, 1.82) is 5.41 Å². The van der Waals surface area contributed by atoms with Crippen LogP contribution in [-0.2, 0) is 4.79 Å². The van der Waals surface area contributed by atoms with Crippen molar-refractivity contribution in [1.82, 2.24) is 0 Å². The predicted molar refractivity (Wildman–Crippen MR) is 58.2 cm³/mol. The van der Waals surface area contributed by atoms with Gasteiger partial charge in [-0.2, -0.15) is 0 Å². The number of carbonyl (C=O) groups is 1. The van der Waals surface area contributed by atoms with Crippen LogP contribution in [0.15, 0.2) is 18.2 Å². The number of aryl methyl sites for hydroxylation is 1. The summed E-state index contributed by atoms with van der Waals surface area (Å²) in [6.07, 6.45) is 2.68. The van der Waals surface area contributed by atoms with Crippen LogP contribution in [0, 0.1) is 12.3 Å². The molecule has 0 unspecified atom stereocenters. The Morgan fingerprint density at radius 2 is 2.29 bits per heavy atom. The van der Waals surface area contributed by atoms with Crippen molar-refractivity contribution in [2.75, 3.05) is 11.9 Å². The van der Waals surface area contributed by atoms with E-state index in [1.54, 1.807) is 0 Å². The molecule has 0 bridgehead atoms. The molecule has 0 spiro atoms. The predicted octanol–water partition coefficient (Wildman–Crippen LogP) is 1.99. The summed E-state index contributed by atoms with van der Waals surface area (Å²) in [5.74, 6) is 0. The minimum absolute atomic E-state index is 0.491. The van der Waals surface area contributed by atoms with E-state index in [-0.39, 0.29) is 0 Å². The highest BCUT2D eigenvalue weighted by Crippen LogP contribution is 2.15. The van der Waals surface area contributed by atoms with Crippen molar-refractivity contribution >= 4 is 18.2 Å². The average molecular weight is 190 g/mol. The van der Waals surface area contributed by atoms with E-state index in [9.17, 15) is 4.79 Å². The Morgan fingerprint density at radius 3 is 2.93 bits per heavy atom. The second-order valence-corrected chi connectivity index (χ2v) is 3.12. The van der Waals surface area contributed by atoms with Crippen LogP contribution in [0.2, 0.25) is 0 Å². The minimum atomic E-state index is 0.491. The van der Waals surface area contributed by atoms with Crippen LogP contribution in [0.5, 0.6) is 0 Å². The van der Waals surface area contributed by atoms with Crippen LogP contribution in [0.3, 0.4) is 0 Å². The van der Waals surface area contributed by atoms with Gasteiger partial charge in [0.1, 0.15) is 6.29 Å². The summed E-state index contributed by atoms with van der Waals surface area (Å²) >= 11 is 0. The largest absolute Gasteiger partial charge is 0.384 e. The Labute approximate surface area is 83.7 Å². The molecule has 0 aliphatic rings. The number of anilines is 1. The molecule has 0 atom stereocenters. The van der Waals surface area contributed by atoms with Crippen molar-refractivity contribution in [2.45, 2.75) is 13.3 Å². The molecule has 0 amide bonds. The quantitative estimate of drug-likeness (QED) is 0.424. The van der Waals surface area contributed by atoms with Crippen LogP contribution in [-0.4, -0.2) is 19.0 Å². The third-order valence-corrected chi connectivity index (χ3v) is 1.94. The van der Waals surface area contributed by atoms with Crippen molar-refractivity contribution in [2.24, 2.45) is 0 Å². The van der Waals surface area contributed by atoms with Crippen LogP contribution in [0.1, 0.15) is 17.5 Å². The zero-order chi connectivity index (χ0) is 10.4.